The Morgan fingerprint density at radius 1 is 1.27 bits per heavy atom. The van der Waals surface area contributed by atoms with Gasteiger partial charge in [0.15, 0.2) is 11.5 Å². The van der Waals surface area contributed by atoms with Crippen LogP contribution in [0.25, 0.3) is 0 Å². The van der Waals surface area contributed by atoms with E-state index in [0.29, 0.717) is 56.5 Å². The van der Waals surface area contributed by atoms with Gasteiger partial charge in [0.25, 0.3) is 0 Å². The van der Waals surface area contributed by atoms with Crippen LogP contribution in [0.4, 0.5) is 5.69 Å². The molecular weight excluding hydrogens is 453 g/mol. The first-order valence-corrected chi connectivity index (χ1v) is 10.1. The maximum Gasteiger partial charge on any atom is 0.231 e. The van der Waals surface area contributed by atoms with E-state index in [-0.39, 0.29) is 12.7 Å². The van der Waals surface area contributed by atoms with Crippen LogP contribution in [0.3, 0.4) is 0 Å². The molecule has 30 heavy (non-hydrogen) atoms. The molecule has 0 fully saturated rings. The van der Waals surface area contributed by atoms with Crippen LogP contribution in [0.15, 0.2) is 23.3 Å². The fraction of sp³-hybridized carbons (Fsp3) is 0.300. The van der Waals surface area contributed by atoms with Crippen molar-refractivity contribution >= 4 is 52.6 Å². The second-order valence-corrected chi connectivity index (χ2v) is 7.77. The predicted molar refractivity (Wildman–Crippen MR) is 119 cm³/mol. The van der Waals surface area contributed by atoms with Crippen molar-refractivity contribution in [3.63, 3.8) is 0 Å². The summed E-state index contributed by atoms with van der Waals surface area (Å²) in [6, 6.07) is 5.00. The molecule has 3 rings (SSSR count). The molecule has 0 bridgehead atoms. The normalized spacial score (nSPS) is 12.3. The van der Waals surface area contributed by atoms with Crippen LogP contribution < -0.4 is 19.6 Å². The number of benzene rings is 2. The van der Waals surface area contributed by atoms with Crippen molar-refractivity contribution in [2.75, 3.05) is 32.9 Å². The molecule has 2 aromatic rings. The summed E-state index contributed by atoms with van der Waals surface area (Å²) in [7, 11) is 3.28. The van der Waals surface area contributed by atoms with Crippen LogP contribution in [0.5, 0.6) is 17.2 Å². The van der Waals surface area contributed by atoms with Crippen molar-refractivity contribution in [3.8, 4) is 17.2 Å². The zero-order valence-corrected chi connectivity index (χ0v) is 18.9. The van der Waals surface area contributed by atoms with Crippen molar-refractivity contribution in [3.05, 3.63) is 44.4 Å². The molecule has 1 N–H and O–H groups in total. The molecule has 1 amide bonds. The number of rotatable bonds is 7. The molecule has 10 heteroatoms. The second kappa shape index (κ2) is 9.64. The summed E-state index contributed by atoms with van der Waals surface area (Å²) < 4.78 is 16.6. The van der Waals surface area contributed by atoms with Gasteiger partial charge in [0.2, 0.25) is 18.4 Å². The first kappa shape index (κ1) is 22.3. The smallest absolute Gasteiger partial charge is 0.231 e. The van der Waals surface area contributed by atoms with Gasteiger partial charge >= 0.3 is 0 Å². The summed E-state index contributed by atoms with van der Waals surface area (Å²) in [6.07, 6.45) is 2.15. The van der Waals surface area contributed by atoms with E-state index in [0.717, 1.165) is 5.56 Å². The lowest BCUT2D eigenvalue weighted by atomic mass is 10.0. The molecule has 7 nitrogen and oxygen atoms in total. The van der Waals surface area contributed by atoms with Crippen LogP contribution >= 0.6 is 34.8 Å². The fourth-order valence-corrected chi connectivity index (χ4v) is 3.79. The first-order valence-electron chi connectivity index (χ1n) is 8.96. The lowest BCUT2D eigenvalue weighted by molar-refractivity contribution is -0.127. The third kappa shape index (κ3) is 4.86. The van der Waals surface area contributed by atoms with E-state index in [1.807, 2.05) is 6.07 Å². The van der Waals surface area contributed by atoms with Crippen LogP contribution in [-0.4, -0.2) is 44.5 Å². The topological polar surface area (TPSA) is 72.4 Å². The van der Waals surface area contributed by atoms with Gasteiger partial charge in [0.05, 0.1) is 29.1 Å². The molecule has 0 saturated carbocycles. The Hall–Kier alpha value is -2.35. The molecule has 1 aliphatic heterocycles. The van der Waals surface area contributed by atoms with Crippen LogP contribution in [0.1, 0.15) is 18.1 Å². The number of hydrazone groups is 1. The minimum Gasteiger partial charge on any atom is -0.492 e. The number of nitrogens with zero attached hydrogens (tertiary/aromatic N) is 2. The van der Waals surface area contributed by atoms with Crippen molar-refractivity contribution in [2.24, 2.45) is 5.10 Å². The van der Waals surface area contributed by atoms with Crippen molar-refractivity contribution in [1.82, 2.24) is 4.90 Å². The first-order chi connectivity index (χ1) is 14.3. The van der Waals surface area contributed by atoms with Crippen LogP contribution in [0, 0.1) is 0 Å². The Bertz CT molecular complexity index is 975. The summed E-state index contributed by atoms with van der Waals surface area (Å²) in [5, 5.41) is 5.38. The van der Waals surface area contributed by atoms with Gasteiger partial charge in [-0.25, -0.2) is 0 Å². The average Bonchev–Trinajstić information content (AvgIpc) is 3.15. The van der Waals surface area contributed by atoms with E-state index in [1.54, 1.807) is 37.4 Å². The van der Waals surface area contributed by atoms with E-state index in [4.69, 9.17) is 49.0 Å². The summed E-state index contributed by atoms with van der Waals surface area (Å²) in [5.74, 6) is 1.56. The number of carbonyl (C=O) groups excluding carboxylic acids is 1. The zero-order chi connectivity index (χ0) is 21.8. The number of hydrogen-bond donors (Lipinski definition) is 1. The lowest BCUT2D eigenvalue weighted by Gasteiger charge is -2.17. The minimum atomic E-state index is -0.0217. The fourth-order valence-electron chi connectivity index (χ4n) is 2.88. The Morgan fingerprint density at radius 2 is 1.97 bits per heavy atom. The SMILES string of the molecule is COc1c(C=NNc2c(Cl)cc(Cl)cc2Cl)c(CCN(C)C(C)=O)cc2c1OCO2. The minimum absolute atomic E-state index is 0.0217. The third-order valence-corrected chi connectivity index (χ3v) is 5.39. The monoisotopic (exact) mass is 471 g/mol. The molecule has 0 saturated heterocycles. The highest BCUT2D eigenvalue weighted by molar-refractivity contribution is 6.41. The summed E-state index contributed by atoms with van der Waals surface area (Å²) in [6.45, 7) is 2.14. The van der Waals surface area contributed by atoms with Crippen molar-refractivity contribution < 1.29 is 19.0 Å². The maximum atomic E-state index is 11.6. The predicted octanol–water partition coefficient (Wildman–Crippen LogP) is 4.85. The molecule has 0 aromatic heterocycles. The molecule has 0 aliphatic carbocycles. The van der Waals surface area contributed by atoms with E-state index < -0.39 is 0 Å². The van der Waals surface area contributed by atoms with Gasteiger partial charge in [-0.3, -0.25) is 10.2 Å². The molecule has 160 valence electrons. The number of methoxy groups -OCH3 is 1. The Kier molecular flexibility index (Phi) is 7.18. The number of anilines is 1. The summed E-state index contributed by atoms with van der Waals surface area (Å²) in [4.78, 5) is 13.2. The Labute approximate surface area is 189 Å². The van der Waals surface area contributed by atoms with Gasteiger partial charge in [0.1, 0.15) is 0 Å². The largest absolute Gasteiger partial charge is 0.492 e. The molecule has 0 spiro atoms. The van der Waals surface area contributed by atoms with Crippen LogP contribution in [-0.2, 0) is 11.2 Å². The number of halogens is 3. The Morgan fingerprint density at radius 3 is 2.60 bits per heavy atom. The average molecular weight is 473 g/mol. The second-order valence-electron chi connectivity index (χ2n) is 6.52. The molecule has 0 unspecified atom stereocenters. The van der Waals surface area contributed by atoms with Crippen LogP contribution in [0.2, 0.25) is 15.1 Å². The van der Waals surface area contributed by atoms with Gasteiger partial charge in [-0.05, 0) is 30.2 Å². The highest BCUT2D eigenvalue weighted by Crippen LogP contribution is 2.44. The standard InChI is InChI=1S/C20H20Cl3N3O4/c1-11(27)26(2)5-4-12-6-17-20(30-10-29-17)19(28-3)14(12)9-24-25-18-15(22)7-13(21)8-16(18)23/h6-9,25H,4-5,10H2,1-3H3. The molecular formula is C20H20Cl3N3O4. The Balaban J connectivity index is 1.93. The molecule has 1 aliphatic rings. The molecule has 0 radical (unpaired) electrons. The number of nitrogens with one attached hydrogen (secondary N) is 1. The highest BCUT2D eigenvalue weighted by atomic mass is 35.5. The third-order valence-electron chi connectivity index (χ3n) is 4.58. The van der Waals surface area contributed by atoms with E-state index in [9.17, 15) is 4.79 Å². The number of ether oxygens (including phenoxy) is 3. The summed E-state index contributed by atoms with van der Waals surface area (Å²) >= 11 is 18.3. The highest BCUT2D eigenvalue weighted by Gasteiger charge is 2.25. The number of carbonyl (C=O) groups is 1. The van der Waals surface area contributed by atoms with Gasteiger partial charge in [0, 0.05) is 31.1 Å². The zero-order valence-electron chi connectivity index (χ0n) is 16.6. The maximum absolute atomic E-state index is 11.6. The summed E-state index contributed by atoms with van der Waals surface area (Å²) in [5.41, 5.74) is 4.83. The van der Waals surface area contributed by atoms with Gasteiger partial charge < -0.3 is 19.1 Å². The quantitative estimate of drug-likeness (QED) is 0.461. The van der Waals surface area contributed by atoms with Crippen molar-refractivity contribution in [1.29, 1.82) is 0 Å². The van der Waals surface area contributed by atoms with Crippen molar-refractivity contribution in [2.45, 2.75) is 13.3 Å². The molecule has 2 aromatic carbocycles. The van der Waals surface area contributed by atoms with E-state index in [2.05, 4.69) is 10.5 Å². The number of fused-ring (bicyclic) bond motifs is 1. The van der Waals surface area contributed by atoms with Gasteiger partial charge in [-0.1, -0.05) is 34.8 Å². The van der Waals surface area contributed by atoms with Gasteiger partial charge in [-0.15, -0.1) is 0 Å². The van der Waals surface area contributed by atoms with E-state index in [1.165, 1.54) is 6.92 Å². The molecule has 1 heterocycles. The number of likely N-dealkylation sites (N-methyl/N-ethyl adjacent to an activating group) is 1. The van der Waals surface area contributed by atoms with Gasteiger partial charge in [-0.2, -0.15) is 5.10 Å². The number of hydrogen-bond acceptors (Lipinski definition) is 6. The molecule has 0 atom stereocenters. The number of amides is 1. The van der Waals surface area contributed by atoms with E-state index >= 15 is 0 Å². The lowest BCUT2D eigenvalue weighted by Crippen LogP contribution is -2.26.